The molecule has 0 aliphatic rings. The van der Waals surface area contributed by atoms with Crippen molar-refractivity contribution in [1.82, 2.24) is 9.97 Å². The topological polar surface area (TPSA) is 147 Å². The fraction of sp³-hybridized carbons (Fsp3) is 0.0909. The van der Waals surface area contributed by atoms with Crippen molar-refractivity contribution in [2.45, 2.75) is 27.7 Å². The molecule has 0 aliphatic carbocycles. The third kappa shape index (κ3) is 7.07. The van der Waals surface area contributed by atoms with E-state index in [1.165, 1.54) is 0 Å². The summed E-state index contributed by atoms with van der Waals surface area (Å²) in [4.78, 5) is 35.8. The second-order valence-corrected chi connectivity index (χ2v) is 12.5. The quantitative estimate of drug-likeness (QED) is 0.178. The number of amides is 2. The molecule has 8 aromatic rings. The molecule has 0 saturated heterocycles. The second-order valence-electron chi connectivity index (χ2n) is 12.5. The first kappa shape index (κ1) is 36.8. The van der Waals surface area contributed by atoms with Crippen LogP contribution in [0.15, 0.2) is 133 Å². The monoisotopic (exact) mass is 688 g/mol. The number of hydrogen-bond acceptors (Lipinski definition) is 4. The Labute approximate surface area is 301 Å². The van der Waals surface area contributed by atoms with Gasteiger partial charge in [-0.1, -0.05) is 109 Å². The Bertz CT molecular complexity index is 2270. The van der Waals surface area contributed by atoms with Crippen molar-refractivity contribution in [3.8, 4) is 0 Å². The Morgan fingerprint density at radius 3 is 0.904 bits per heavy atom. The maximum absolute atomic E-state index is 13.2. The lowest BCUT2D eigenvalue weighted by Crippen LogP contribution is -2.15. The molecule has 0 saturated carbocycles. The number of para-hydroxylation sites is 6. The van der Waals surface area contributed by atoms with Crippen molar-refractivity contribution in [3.05, 3.63) is 167 Å². The molecule has 0 radical (unpaired) electrons. The van der Waals surface area contributed by atoms with Crippen molar-refractivity contribution in [3.63, 3.8) is 0 Å². The summed E-state index contributed by atoms with van der Waals surface area (Å²) >= 11 is 0. The lowest BCUT2D eigenvalue weighted by atomic mass is 10.0. The molecular weight excluding hydrogens is 649 g/mol. The molecule has 8 heteroatoms. The summed E-state index contributed by atoms with van der Waals surface area (Å²) in [6, 6.07) is 43.1. The van der Waals surface area contributed by atoms with Crippen LogP contribution in [0.2, 0.25) is 0 Å². The summed E-state index contributed by atoms with van der Waals surface area (Å²) in [5, 5.41) is 9.69. The van der Waals surface area contributed by atoms with E-state index in [9.17, 15) is 9.59 Å². The normalized spacial score (nSPS) is 10.5. The molecule has 8 nitrogen and oxygen atoms in total. The van der Waals surface area contributed by atoms with Crippen LogP contribution in [-0.2, 0) is 0 Å². The van der Waals surface area contributed by atoms with Gasteiger partial charge in [0.25, 0.3) is 11.8 Å². The van der Waals surface area contributed by atoms with E-state index in [1.807, 2.05) is 161 Å². The second kappa shape index (κ2) is 15.6. The highest BCUT2D eigenvalue weighted by Crippen LogP contribution is 2.30. The van der Waals surface area contributed by atoms with Gasteiger partial charge in [-0.15, -0.1) is 0 Å². The minimum Gasteiger partial charge on any atom is -0.412 e. The summed E-state index contributed by atoms with van der Waals surface area (Å²) in [7, 11) is 0. The van der Waals surface area contributed by atoms with Gasteiger partial charge in [0.15, 0.2) is 0 Å². The van der Waals surface area contributed by atoms with Gasteiger partial charge in [-0.25, -0.2) is 9.97 Å². The number of carbonyl (C=O) groups is 2. The summed E-state index contributed by atoms with van der Waals surface area (Å²) in [5.74, 6) is -0.209. The summed E-state index contributed by atoms with van der Waals surface area (Å²) in [6.07, 6.45) is 0. The number of pyridine rings is 2. The number of aromatic nitrogens is 2. The summed E-state index contributed by atoms with van der Waals surface area (Å²) in [5.41, 5.74) is 10.6. The molecule has 0 bridgehead atoms. The molecule has 0 aliphatic heterocycles. The zero-order valence-corrected chi connectivity index (χ0v) is 29.4. The van der Waals surface area contributed by atoms with Gasteiger partial charge in [0.05, 0.1) is 33.2 Å². The number of hydrogen-bond donors (Lipinski definition) is 2. The molecule has 0 unspecified atom stereocenters. The van der Waals surface area contributed by atoms with Gasteiger partial charge >= 0.3 is 0 Å². The standard InChI is InChI=1S/2C22H18N2O.2H2O/c2*1-14-8-7-9-15(2)21(14)24-22(25)20-16-10-3-5-12-18(16)23-19-13-6-4-11-17(19)20;;/h2*3-13H,1-2H3,(H,24,25);2*1H2. The van der Waals surface area contributed by atoms with Gasteiger partial charge in [-0.3, -0.25) is 9.59 Å². The molecule has 2 heterocycles. The third-order valence-electron chi connectivity index (χ3n) is 9.07. The number of nitrogens with zero attached hydrogens (tertiary/aromatic N) is 2. The molecule has 260 valence electrons. The van der Waals surface area contributed by atoms with Crippen LogP contribution in [0.5, 0.6) is 0 Å². The van der Waals surface area contributed by atoms with E-state index in [2.05, 4.69) is 20.6 Å². The molecular formula is C44H40N4O4. The van der Waals surface area contributed by atoms with Crippen LogP contribution < -0.4 is 10.6 Å². The van der Waals surface area contributed by atoms with Crippen molar-refractivity contribution >= 4 is 66.8 Å². The molecule has 52 heavy (non-hydrogen) atoms. The lowest BCUT2D eigenvalue weighted by Gasteiger charge is -2.14. The molecule has 2 amide bonds. The molecule has 2 aromatic heterocycles. The highest BCUT2D eigenvalue weighted by molar-refractivity contribution is 6.21. The number of fused-ring (bicyclic) bond motifs is 4. The van der Waals surface area contributed by atoms with Crippen LogP contribution in [0, 0.1) is 27.7 Å². The van der Waals surface area contributed by atoms with Gasteiger partial charge in [0, 0.05) is 32.9 Å². The van der Waals surface area contributed by atoms with Crippen LogP contribution >= 0.6 is 0 Å². The molecule has 0 fully saturated rings. The van der Waals surface area contributed by atoms with Crippen LogP contribution in [0.25, 0.3) is 43.6 Å². The minimum absolute atomic E-state index is 0. The Balaban J connectivity index is 0.000000194. The van der Waals surface area contributed by atoms with Crippen LogP contribution in [0.4, 0.5) is 11.4 Å². The first-order valence-electron chi connectivity index (χ1n) is 16.6. The maximum Gasteiger partial charge on any atom is 0.257 e. The predicted molar refractivity (Wildman–Crippen MR) is 213 cm³/mol. The van der Waals surface area contributed by atoms with E-state index in [1.54, 1.807) is 0 Å². The predicted octanol–water partition coefficient (Wildman–Crippen LogP) is 8.86. The van der Waals surface area contributed by atoms with Crippen molar-refractivity contribution < 1.29 is 20.5 Å². The maximum atomic E-state index is 13.2. The molecule has 6 aromatic carbocycles. The van der Waals surface area contributed by atoms with Gasteiger partial charge in [-0.2, -0.15) is 0 Å². The third-order valence-corrected chi connectivity index (χ3v) is 9.07. The van der Waals surface area contributed by atoms with Crippen LogP contribution in [-0.4, -0.2) is 32.7 Å². The number of rotatable bonds is 4. The SMILES string of the molecule is Cc1cccc(C)c1NC(=O)c1c2ccccc2nc2ccccc12.Cc1cccc(C)c1NC(=O)c1c2ccccc2nc2ccccc12.O.O. The number of aryl methyl sites for hydroxylation is 4. The van der Waals surface area contributed by atoms with Gasteiger partial charge < -0.3 is 21.6 Å². The van der Waals surface area contributed by atoms with Gasteiger partial charge in [0.2, 0.25) is 0 Å². The highest BCUT2D eigenvalue weighted by Gasteiger charge is 2.19. The summed E-state index contributed by atoms with van der Waals surface area (Å²) in [6.45, 7) is 8.02. The van der Waals surface area contributed by atoms with Crippen LogP contribution in [0.3, 0.4) is 0 Å². The van der Waals surface area contributed by atoms with E-state index < -0.39 is 0 Å². The average molecular weight is 689 g/mol. The number of carbonyl (C=O) groups excluding carboxylic acids is 2. The minimum atomic E-state index is -0.104. The van der Waals surface area contributed by atoms with Crippen LogP contribution in [0.1, 0.15) is 43.0 Å². The molecule has 6 N–H and O–H groups in total. The number of nitrogens with one attached hydrogen (secondary N) is 2. The van der Waals surface area contributed by atoms with E-state index in [0.29, 0.717) is 11.1 Å². The van der Waals surface area contributed by atoms with E-state index >= 15 is 0 Å². The zero-order valence-electron chi connectivity index (χ0n) is 29.4. The molecule has 0 atom stereocenters. The Morgan fingerprint density at radius 2 is 0.635 bits per heavy atom. The largest absolute Gasteiger partial charge is 0.412 e. The van der Waals surface area contributed by atoms with E-state index in [-0.39, 0.29) is 22.8 Å². The summed E-state index contributed by atoms with van der Waals surface area (Å²) < 4.78 is 0. The van der Waals surface area contributed by atoms with Crippen molar-refractivity contribution in [2.24, 2.45) is 0 Å². The van der Waals surface area contributed by atoms with Gasteiger partial charge in [-0.05, 0) is 74.2 Å². The number of benzene rings is 6. The smallest absolute Gasteiger partial charge is 0.257 e. The lowest BCUT2D eigenvalue weighted by molar-refractivity contribution is 0.102. The first-order valence-corrected chi connectivity index (χ1v) is 16.6. The van der Waals surface area contributed by atoms with E-state index in [0.717, 1.165) is 77.2 Å². The Hall–Kier alpha value is -6.48. The average Bonchev–Trinajstić information content (AvgIpc) is 3.12. The molecule has 0 spiro atoms. The molecule has 8 rings (SSSR count). The zero-order chi connectivity index (χ0) is 34.8. The fourth-order valence-electron chi connectivity index (χ4n) is 6.54. The Morgan fingerprint density at radius 1 is 0.385 bits per heavy atom. The van der Waals surface area contributed by atoms with Gasteiger partial charge in [0.1, 0.15) is 0 Å². The number of anilines is 2. The van der Waals surface area contributed by atoms with Crippen molar-refractivity contribution in [1.29, 1.82) is 0 Å². The van der Waals surface area contributed by atoms with E-state index in [4.69, 9.17) is 0 Å². The van der Waals surface area contributed by atoms with Crippen molar-refractivity contribution in [2.75, 3.05) is 10.6 Å². The highest BCUT2D eigenvalue weighted by atomic mass is 16.2. The first-order chi connectivity index (χ1) is 24.3. The fourth-order valence-corrected chi connectivity index (χ4v) is 6.54. The Kier molecular flexibility index (Phi) is 11.0.